The third-order valence-electron chi connectivity index (χ3n) is 6.05. The Balaban J connectivity index is 1.53. The van der Waals surface area contributed by atoms with Gasteiger partial charge in [0.15, 0.2) is 5.78 Å². The van der Waals surface area contributed by atoms with Crippen molar-refractivity contribution in [2.75, 3.05) is 4.90 Å². The van der Waals surface area contributed by atoms with Gasteiger partial charge in [0.25, 0.3) is 0 Å². The fourth-order valence-corrected chi connectivity index (χ4v) is 4.95. The molecule has 5 rings (SSSR count). The summed E-state index contributed by atoms with van der Waals surface area (Å²) in [5.41, 5.74) is 0.617. The van der Waals surface area contributed by atoms with Gasteiger partial charge >= 0.3 is 5.97 Å². The Morgan fingerprint density at radius 2 is 1.70 bits per heavy atom. The van der Waals surface area contributed by atoms with Crippen LogP contribution in [0.15, 0.2) is 65.8 Å². The number of imide groups is 1. The molecule has 0 bridgehead atoms. The molecule has 2 fully saturated rings. The first-order valence-electron chi connectivity index (χ1n) is 10.3. The summed E-state index contributed by atoms with van der Waals surface area (Å²) in [6, 6.07) is 11.2. The Bertz CT molecular complexity index is 1240. The zero-order valence-electron chi connectivity index (χ0n) is 17.4. The SMILES string of the molecule is CC(=O)Oc1ccc(C(=O)[C@@H]2[C@@H]3C(=O)N(c4ccccc4Cl)C(=O)[C@@H]3[C@H]3C=CC=NN32)cc1. The highest BCUT2D eigenvalue weighted by Gasteiger charge is 2.64. The average Bonchev–Trinajstić information content (AvgIpc) is 3.27. The highest BCUT2D eigenvalue weighted by molar-refractivity contribution is 6.36. The van der Waals surface area contributed by atoms with Gasteiger partial charge in [-0.25, -0.2) is 4.90 Å². The van der Waals surface area contributed by atoms with Crippen molar-refractivity contribution in [3.8, 4) is 5.75 Å². The molecule has 2 aromatic carbocycles. The number of ketones is 1. The van der Waals surface area contributed by atoms with Crippen molar-refractivity contribution < 1.29 is 23.9 Å². The van der Waals surface area contributed by atoms with Gasteiger partial charge in [0, 0.05) is 18.7 Å². The van der Waals surface area contributed by atoms with Crippen LogP contribution in [0, 0.1) is 11.8 Å². The number of hydrogen-bond donors (Lipinski definition) is 0. The molecular weight excluding hydrogens is 446 g/mol. The number of para-hydroxylation sites is 1. The van der Waals surface area contributed by atoms with Crippen LogP contribution in [0.2, 0.25) is 5.02 Å². The summed E-state index contributed by atoms with van der Waals surface area (Å²) in [7, 11) is 0. The van der Waals surface area contributed by atoms with E-state index in [2.05, 4.69) is 5.10 Å². The molecule has 2 saturated heterocycles. The number of anilines is 1. The highest BCUT2D eigenvalue weighted by atomic mass is 35.5. The number of hydrazone groups is 1. The summed E-state index contributed by atoms with van der Waals surface area (Å²) in [5, 5.41) is 6.14. The van der Waals surface area contributed by atoms with E-state index in [4.69, 9.17) is 16.3 Å². The van der Waals surface area contributed by atoms with Crippen LogP contribution < -0.4 is 9.64 Å². The summed E-state index contributed by atoms with van der Waals surface area (Å²) in [4.78, 5) is 52.8. The van der Waals surface area contributed by atoms with Crippen LogP contribution in [0.3, 0.4) is 0 Å². The first-order chi connectivity index (χ1) is 15.9. The second kappa shape index (κ2) is 7.97. The molecule has 3 aliphatic rings. The molecule has 8 nitrogen and oxygen atoms in total. The van der Waals surface area contributed by atoms with Crippen molar-refractivity contribution >= 4 is 47.1 Å². The summed E-state index contributed by atoms with van der Waals surface area (Å²) < 4.78 is 5.02. The van der Waals surface area contributed by atoms with E-state index in [1.807, 2.05) is 0 Å². The number of nitrogens with zero attached hydrogens (tertiary/aromatic N) is 3. The van der Waals surface area contributed by atoms with E-state index in [0.717, 1.165) is 4.90 Å². The van der Waals surface area contributed by atoms with Crippen LogP contribution in [0.1, 0.15) is 17.3 Å². The Morgan fingerprint density at radius 3 is 2.39 bits per heavy atom. The number of Topliss-reactive ketones (excluding diaryl/α,β-unsaturated/α-hetero) is 1. The highest BCUT2D eigenvalue weighted by Crippen LogP contribution is 2.47. The van der Waals surface area contributed by atoms with E-state index in [1.54, 1.807) is 36.4 Å². The predicted octanol–water partition coefficient (Wildman–Crippen LogP) is 2.86. The van der Waals surface area contributed by atoms with Gasteiger partial charge in [0.1, 0.15) is 11.8 Å². The molecule has 33 heavy (non-hydrogen) atoms. The molecule has 0 N–H and O–H groups in total. The number of ether oxygens (including phenoxy) is 1. The summed E-state index contributed by atoms with van der Waals surface area (Å²) in [6.45, 7) is 1.28. The Kier molecular flexibility index (Phi) is 5.09. The molecule has 0 saturated carbocycles. The quantitative estimate of drug-likeness (QED) is 0.299. The standard InChI is InChI=1S/C24H18ClN3O5/c1-13(29)33-15-10-8-14(9-11-15)22(30)21-20-19(18-7-4-12-26-28(18)21)23(31)27(24(20)32)17-6-3-2-5-16(17)25/h2-12,18-21H,1H3/t18-,19-,20-,21+/m1/s1. The molecule has 0 unspecified atom stereocenters. The smallest absolute Gasteiger partial charge is 0.308 e. The van der Waals surface area contributed by atoms with Crippen molar-refractivity contribution in [2.24, 2.45) is 16.9 Å². The normalized spacial score (nSPS) is 25.3. The molecule has 0 aromatic heterocycles. The molecule has 166 valence electrons. The fraction of sp³-hybridized carbons (Fsp3) is 0.208. The second-order valence-electron chi connectivity index (χ2n) is 7.96. The van der Waals surface area contributed by atoms with Crippen molar-refractivity contribution in [3.05, 3.63) is 71.3 Å². The van der Waals surface area contributed by atoms with Gasteiger partial charge in [0.05, 0.1) is 28.6 Å². The van der Waals surface area contributed by atoms with Gasteiger partial charge in [0.2, 0.25) is 11.8 Å². The molecule has 3 heterocycles. The number of allylic oxidation sites excluding steroid dienone is 1. The summed E-state index contributed by atoms with van der Waals surface area (Å²) in [6.07, 6.45) is 5.01. The molecule has 2 aromatic rings. The fourth-order valence-electron chi connectivity index (χ4n) is 4.73. The number of rotatable bonds is 4. The van der Waals surface area contributed by atoms with Crippen molar-refractivity contribution in [1.29, 1.82) is 0 Å². The van der Waals surface area contributed by atoms with Crippen LogP contribution in [0.5, 0.6) is 5.75 Å². The van der Waals surface area contributed by atoms with E-state index in [0.29, 0.717) is 17.0 Å². The zero-order chi connectivity index (χ0) is 23.3. The minimum atomic E-state index is -0.968. The van der Waals surface area contributed by atoms with Gasteiger partial charge in [-0.3, -0.25) is 24.2 Å². The predicted molar refractivity (Wildman–Crippen MR) is 120 cm³/mol. The van der Waals surface area contributed by atoms with Crippen LogP contribution in [0.4, 0.5) is 5.69 Å². The van der Waals surface area contributed by atoms with Gasteiger partial charge in [-0.2, -0.15) is 5.10 Å². The molecule has 0 spiro atoms. The van der Waals surface area contributed by atoms with Crippen molar-refractivity contribution in [3.63, 3.8) is 0 Å². The molecule has 2 amide bonds. The Labute approximate surface area is 194 Å². The van der Waals surface area contributed by atoms with Crippen LogP contribution in [-0.2, 0) is 14.4 Å². The maximum absolute atomic E-state index is 13.6. The van der Waals surface area contributed by atoms with Gasteiger partial charge in [-0.1, -0.05) is 29.8 Å². The first-order valence-corrected chi connectivity index (χ1v) is 10.7. The maximum Gasteiger partial charge on any atom is 0.308 e. The number of fused-ring (bicyclic) bond motifs is 3. The molecule has 9 heteroatoms. The monoisotopic (exact) mass is 463 g/mol. The molecule has 3 aliphatic heterocycles. The van der Waals surface area contributed by atoms with Crippen molar-refractivity contribution in [2.45, 2.75) is 19.0 Å². The number of carbonyl (C=O) groups is 4. The minimum Gasteiger partial charge on any atom is -0.427 e. The number of carbonyl (C=O) groups excluding carboxylic acids is 4. The lowest BCUT2D eigenvalue weighted by Gasteiger charge is -2.30. The minimum absolute atomic E-state index is 0.275. The third kappa shape index (κ3) is 3.34. The third-order valence-corrected chi connectivity index (χ3v) is 6.37. The number of hydrogen-bond acceptors (Lipinski definition) is 7. The molecule has 0 radical (unpaired) electrons. The summed E-state index contributed by atoms with van der Waals surface area (Å²) in [5.74, 6) is -3.09. The Hall–Kier alpha value is -3.78. The average molecular weight is 464 g/mol. The number of amides is 2. The molecular formula is C24H18ClN3O5. The largest absolute Gasteiger partial charge is 0.427 e. The Morgan fingerprint density at radius 1 is 1.00 bits per heavy atom. The van der Waals surface area contributed by atoms with Gasteiger partial charge in [-0.05, 0) is 42.5 Å². The van der Waals surface area contributed by atoms with Gasteiger partial charge < -0.3 is 4.74 Å². The van der Waals surface area contributed by atoms with Crippen LogP contribution in [-0.4, -0.2) is 46.9 Å². The van der Waals surface area contributed by atoms with Crippen molar-refractivity contribution in [1.82, 2.24) is 5.01 Å². The van der Waals surface area contributed by atoms with Crippen LogP contribution >= 0.6 is 11.6 Å². The second-order valence-corrected chi connectivity index (χ2v) is 8.37. The number of benzene rings is 2. The lowest BCUT2D eigenvalue weighted by atomic mass is 9.86. The number of halogens is 1. The lowest BCUT2D eigenvalue weighted by Crippen LogP contribution is -2.46. The van der Waals surface area contributed by atoms with Gasteiger partial charge in [-0.15, -0.1) is 0 Å². The van der Waals surface area contributed by atoms with E-state index >= 15 is 0 Å². The van der Waals surface area contributed by atoms with E-state index in [-0.39, 0.29) is 10.8 Å². The first kappa shape index (κ1) is 21.1. The maximum atomic E-state index is 13.6. The zero-order valence-corrected chi connectivity index (χ0v) is 18.2. The lowest BCUT2D eigenvalue weighted by molar-refractivity contribution is -0.132. The number of esters is 1. The van der Waals surface area contributed by atoms with E-state index in [9.17, 15) is 19.2 Å². The van der Waals surface area contributed by atoms with E-state index < -0.39 is 41.7 Å². The van der Waals surface area contributed by atoms with Crippen LogP contribution in [0.25, 0.3) is 0 Å². The molecule has 4 atom stereocenters. The summed E-state index contributed by atoms with van der Waals surface area (Å²) >= 11 is 6.28. The molecule has 0 aliphatic carbocycles. The topological polar surface area (TPSA) is 96.3 Å². The van der Waals surface area contributed by atoms with E-state index in [1.165, 1.54) is 42.4 Å².